The van der Waals surface area contributed by atoms with E-state index in [0.717, 1.165) is 75.7 Å². The molecular formula is C24H33N3O2. The molecule has 2 fully saturated rings. The quantitative estimate of drug-likeness (QED) is 0.701. The van der Waals surface area contributed by atoms with Crippen molar-refractivity contribution < 1.29 is 9.90 Å². The van der Waals surface area contributed by atoms with Crippen molar-refractivity contribution in [1.82, 2.24) is 15.2 Å². The summed E-state index contributed by atoms with van der Waals surface area (Å²) in [4.78, 5) is 18.3. The molecule has 1 saturated carbocycles. The number of amides is 1. The first-order valence-corrected chi connectivity index (χ1v) is 11.1. The van der Waals surface area contributed by atoms with E-state index in [2.05, 4.69) is 27.3 Å². The molecule has 1 aliphatic carbocycles. The molecule has 156 valence electrons. The Labute approximate surface area is 173 Å². The summed E-state index contributed by atoms with van der Waals surface area (Å²) >= 11 is 0. The van der Waals surface area contributed by atoms with Crippen LogP contribution in [0.5, 0.6) is 0 Å². The molecule has 4 rings (SSSR count). The van der Waals surface area contributed by atoms with Crippen LogP contribution in [0.3, 0.4) is 0 Å². The normalized spacial score (nSPS) is 20.4. The van der Waals surface area contributed by atoms with Crippen molar-refractivity contribution in [2.45, 2.75) is 63.0 Å². The van der Waals surface area contributed by atoms with E-state index in [-0.39, 0.29) is 11.9 Å². The number of nitrogens with one attached hydrogen (secondary N) is 2. The average Bonchev–Trinajstić information content (AvgIpc) is 3.19. The van der Waals surface area contributed by atoms with Gasteiger partial charge in [0.05, 0.1) is 11.2 Å². The Hall–Kier alpha value is -2.11. The third-order valence-electron chi connectivity index (χ3n) is 6.54. The van der Waals surface area contributed by atoms with E-state index in [9.17, 15) is 9.90 Å². The van der Waals surface area contributed by atoms with Crippen molar-refractivity contribution in [3.63, 3.8) is 0 Å². The molecule has 0 radical (unpaired) electrons. The van der Waals surface area contributed by atoms with Gasteiger partial charge in [0.25, 0.3) is 5.91 Å². The zero-order valence-corrected chi connectivity index (χ0v) is 17.2. The number of aromatic nitrogens is 1. The molecule has 3 N–H and O–H groups in total. The summed E-state index contributed by atoms with van der Waals surface area (Å²) in [6.45, 7) is 2.67. The van der Waals surface area contributed by atoms with E-state index in [1.165, 1.54) is 12.0 Å². The highest BCUT2D eigenvalue weighted by molar-refractivity contribution is 5.95. The molecule has 1 aromatic heterocycles. The predicted molar refractivity (Wildman–Crippen MR) is 115 cm³/mol. The number of likely N-dealkylation sites (tertiary alicyclic amines) is 1. The van der Waals surface area contributed by atoms with Gasteiger partial charge in [-0.15, -0.1) is 0 Å². The standard InChI is InChI=1S/C24H33N3O2/c28-23(22-17-25-16-20(22)15-19-7-3-1-4-8-19)26-21-9-13-27(14-10-21)18-24(29)11-5-2-6-12-24/h1,3-4,7-8,16-17,21,25,29H,2,5-6,9-15,18H2,(H,26,28). The van der Waals surface area contributed by atoms with Crippen LogP contribution in [-0.4, -0.2) is 52.2 Å². The fraction of sp³-hybridized carbons (Fsp3) is 0.542. The Kier molecular flexibility index (Phi) is 6.36. The fourth-order valence-electron chi connectivity index (χ4n) is 4.85. The molecule has 5 heteroatoms. The maximum Gasteiger partial charge on any atom is 0.253 e. The van der Waals surface area contributed by atoms with E-state index in [4.69, 9.17) is 0 Å². The lowest BCUT2D eigenvalue weighted by molar-refractivity contribution is -0.0312. The minimum atomic E-state index is -0.494. The van der Waals surface area contributed by atoms with Crippen LogP contribution in [0, 0.1) is 0 Å². The lowest BCUT2D eigenvalue weighted by Crippen LogP contribution is -2.50. The monoisotopic (exact) mass is 395 g/mol. The average molecular weight is 396 g/mol. The third-order valence-corrected chi connectivity index (χ3v) is 6.54. The smallest absolute Gasteiger partial charge is 0.253 e. The number of rotatable bonds is 6. The number of β-amino-alcohol motifs (C(OH)–C–C–N with tert-alkyl or cyclic N) is 1. The maximum absolute atomic E-state index is 12.8. The summed E-state index contributed by atoms with van der Waals surface area (Å²) in [6, 6.07) is 10.4. The van der Waals surface area contributed by atoms with Gasteiger partial charge in [-0.25, -0.2) is 0 Å². The molecule has 1 saturated heterocycles. The SMILES string of the molecule is O=C(NC1CCN(CC2(O)CCCCC2)CC1)c1c[nH]cc1Cc1ccccc1. The number of hydrogen-bond donors (Lipinski definition) is 3. The second-order valence-electron chi connectivity index (χ2n) is 8.87. The highest BCUT2D eigenvalue weighted by atomic mass is 16.3. The number of hydrogen-bond acceptors (Lipinski definition) is 3. The van der Waals surface area contributed by atoms with Gasteiger partial charge in [-0.05, 0) is 43.2 Å². The van der Waals surface area contributed by atoms with Gasteiger partial charge in [0.1, 0.15) is 0 Å². The van der Waals surface area contributed by atoms with E-state index in [1.807, 2.05) is 24.4 Å². The first kappa shape index (κ1) is 20.2. The molecule has 0 spiro atoms. The molecule has 2 aliphatic rings. The molecule has 2 aromatic rings. The Morgan fingerprint density at radius 3 is 2.55 bits per heavy atom. The lowest BCUT2D eigenvalue weighted by Gasteiger charge is -2.40. The van der Waals surface area contributed by atoms with Gasteiger partial charge >= 0.3 is 0 Å². The fourth-order valence-corrected chi connectivity index (χ4v) is 4.85. The summed E-state index contributed by atoms with van der Waals surface area (Å²) in [7, 11) is 0. The second-order valence-corrected chi connectivity index (χ2v) is 8.87. The number of nitrogens with zero attached hydrogens (tertiary/aromatic N) is 1. The topological polar surface area (TPSA) is 68.4 Å². The summed E-state index contributed by atoms with van der Waals surface area (Å²) in [5, 5.41) is 14.0. The van der Waals surface area contributed by atoms with Crippen molar-refractivity contribution in [3.05, 3.63) is 59.4 Å². The van der Waals surface area contributed by atoms with Crippen molar-refractivity contribution in [3.8, 4) is 0 Å². The van der Waals surface area contributed by atoms with Gasteiger partial charge < -0.3 is 20.3 Å². The highest BCUT2D eigenvalue weighted by Gasteiger charge is 2.33. The van der Waals surface area contributed by atoms with Crippen molar-refractivity contribution in [2.75, 3.05) is 19.6 Å². The first-order chi connectivity index (χ1) is 14.1. The molecule has 0 atom stereocenters. The Balaban J connectivity index is 1.28. The summed E-state index contributed by atoms with van der Waals surface area (Å²) in [5.74, 6) is 0.0153. The van der Waals surface area contributed by atoms with Gasteiger partial charge in [-0.1, -0.05) is 49.6 Å². The van der Waals surface area contributed by atoms with Crippen LogP contribution in [0.15, 0.2) is 42.7 Å². The Morgan fingerprint density at radius 1 is 1.10 bits per heavy atom. The van der Waals surface area contributed by atoms with E-state index < -0.39 is 5.60 Å². The van der Waals surface area contributed by atoms with Crippen molar-refractivity contribution >= 4 is 5.91 Å². The number of carbonyl (C=O) groups excluding carboxylic acids is 1. The van der Waals surface area contributed by atoms with Gasteiger partial charge in [-0.2, -0.15) is 0 Å². The number of aromatic amines is 1. The molecule has 29 heavy (non-hydrogen) atoms. The molecule has 0 bridgehead atoms. The number of carbonyl (C=O) groups is 1. The summed E-state index contributed by atoms with van der Waals surface area (Å²) in [5.41, 5.74) is 2.49. The van der Waals surface area contributed by atoms with Gasteiger partial charge in [0.2, 0.25) is 0 Å². The number of piperidine rings is 1. The molecular weight excluding hydrogens is 362 g/mol. The van der Waals surface area contributed by atoms with Crippen LogP contribution in [0.25, 0.3) is 0 Å². The number of benzene rings is 1. The molecule has 0 unspecified atom stereocenters. The van der Waals surface area contributed by atoms with Gasteiger partial charge in [0, 0.05) is 38.1 Å². The molecule has 1 amide bonds. The van der Waals surface area contributed by atoms with E-state index in [1.54, 1.807) is 6.20 Å². The number of H-pyrrole nitrogens is 1. The number of aliphatic hydroxyl groups is 1. The third kappa shape index (κ3) is 5.28. The van der Waals surface area contributed by atoms with Crippen LogP contribution < -0.4 is 5.32 Å². The van der Waals surface area contributed by atoms with E-state index in [0.29, 0.717) is 0 Å². The van der Waals surface area contributed by atoms with Crippen molar-refractivity contribution in [2.24, 2.45) is 0 Å². The minimum Gasteiger partial charge on any atom is -0.389 e. The maximum atomic E-state index is 12.8. The Bertz CT molecular complexity index is 787. The van der Waals surface area contributed by atoms with Crippen LogP contribution in [0.2, 0.25) is 0 Å². The summed E-state index contributed by atoms with van der Waals surface area (Å²) in [6.07, 6.45) is 11.8. The molecule has 2 heterocycles. The minimum absolute atomic E-state index is 0.0153. The predicted octanol–water partition coefficient (Wildman–Crippen LogP) is 3.49. The first-order valence-electron chi connectivity index (χ1n) is 11.1. The zero-order valence-electron chi connectivity index (χ0n) is 17.2. The van der Waals surface area contributed by atoms with Gasteiger partial charge in [-0.3, -0.25) is 4.79 Å². The van der Waals surface area contributed by atoms with Crippen LogP contribution in [0.4, 0.5) is 0 Å². The molecule has 1 aliphatic heterocycles. The molecule has 5 nitrogen and oxygen atoms in total. The van der Waals surface area contributed by atoms with Crippen molar-refractivity contribution in [1.29, 1.82) is 0 Å². The van der Waals surface area contributed by atoms with Gasteiger partial charge in [0.15, 0.2) is 0 Å². The lowest BCUT2D eigenvalue weighted by atomic mass is 9.84. The summed E-state index contributed by atoms with van der Waals surface area (Å²) < 4.78 is 0. The second kappa shape index (κ2) is 9.14. The van der Waals surface area contributed by atoms with Crippen LogP contribution >= 0.6 is 0 Å². The molecule has 1 aromatic carbocycles. The highest BCUT2D eigenvalue weighted by Crippen LogP contribution is 2.29. The Morgan fingerprint density at radius 2 is 1.83 bits per heavy atom. The van der Waals surface area contributed by atoms with E-state index >= 15 is 0 Å². The van der Waals surface area contributed by atoms with Crippen LogP contribution in [0.1, 0.15) is 66.4 Å². The largest absolute Gasteiger partial charge is 0.389 e. The van der Waals surface area contributed by atoms with Crippen LogP contribution in [-0.2, 0) is 6.42 Å². The zero-order chi connectivity index (χ0) is 20.1.